The van der Waals surface area contributed by atoms with Gasteiger partial charge < -0.3 is 9.47 Å². The van der Waals surface area contributed by atoms with Gasteiger partial charge in [0.2, 0.25) is 0 Å². The maximum Gasteiger partial charge on any atom is 0.0618 e. The molecule has 0 aliphatic rings. The van der Waals surface area contributed by atoms with Crippen molar-refractivity contribution in [3.05, 3.63) is 204 Å². The number of fused-ring (bicyclic) bond motifs is 3. The average molecular weight is 967 g/mol. The van der Waals surface area contributed by atoms with E-state index in [0.29, 0.717) is 0 Å². The standard InChI is InChI=1S/C72H74N2/c1-68(2,3)49-30-36-63-59(41-49)60-42-50(69(4,5)6)31-37-64(60)74(63)62-35-29-48-26-32-55-61(34-28-47-27-33-56(62)66(48)65(47)55)73(54-39-51(70(7,8)9)38-52(40-54)71(10,11)12)67-57(45-22-18-16-19-23-45)43-53(72(13,14)15)44-58(67)46-24-20-17-21-25-46/h16-44H,1-15H3. The number of hydrogen-bond acceptors (Lipinski definition) is 1. The number of benzene rings is 10. The van der Waals surface area contributed by atoms with Gasteiger partial charge in [0.15, 0.2) is 0 Å². The Morgan fingerprint density at radius 3 is 1.19 bits per heavy atom. The van der Waals surface area contributed by atoms with E-state index in [1.807, 2.05) is 0 Å². The van der Waals surface area contributed by atoms with Crippen LogP contribution in [-0.2, 0) is 27.1 Å². The fourth-order valence-electron chi connectivity index (χ4n) is 11.4. The first kappa shape index (κ1) is 49.1. The summed E-state index contributed by atoms with van der Waals surface area (Å²) < 4.78 is 2.55. The Morgan fingerprint density at radius 2 is 0.730 bits per heavy atom. The molecule has 0 aliphatic carbocycles. The van der Waals surface area contributed by atoms with Crippen molar-refractivity contribution < 1.29 is 0 Å². The maximum absolute atomic E-state index is 2.64. The smallest absolute Gasteiger partial charge is 0.0618 e. The molecule has 0 aliphatic heterocycles. The third-order valence-electron chi connectivity index (χ3n) is 15.9. The molecule has 0 amide bonds. The van der Waals surface area contributed by atoms with Gasteiger partial charge in [0, 0.05) is 38.4 Å². The Balaban J connectivity index is 1.27. The molecule has 0 saturated carbocycles. The molecule has 0 unspecified atom stereocenters. The molecular formula is C72H74N2. The van der Waals surface area contributed by atoms with Gasteiger partial charge in [-0.05, 0) is 148 Å². The highest BCUT2D eigenvalue weighted by atomic mass is 15.2. The van der Waals surface area contributed by atoms with Crippen LogP contribution in [0.25, 0.3) is 82.1 Å². The molecule has 2 heteroatoms. The summed E-state index contributed by atoms with van der Waals surface area (Å²) in [5, 5.41) is 10.1. The minimum Gasteiger partial charge on any atom is -0.309 e. The minimum atomic E-state index is -0.104. The van der Waals surface area contributed by atoms with Crippen molar-refractivity contribution in [3.8, 4) is 27.9 Å². The molecule has 0 radical (unpaired) electrons. The van der Waals surface area contributed by atoms with Crippen molar-refractivity contribution in [2.45, 2.75) is 131 Å². The van der Waals surface area contributed by atoms with E-state index in [-0.39, 0.29) is 27.1 Å². The van der Waals surface area contributed by atoms with Gasteiger partial charge >= 0.3 is 0 Å². The molecule has 1 heterocycles. The highest BCUT2D eigenvalue weighted by Crippen LogP contribution is 2.53. The number of nitrogens with zero attached hydrogens (tertiary/aromatic N) is 2. The molecular weight excluding hydrogens is 893 g/mol. The Bertz CT molecular complexity index is 3780. The molecule has 372 valence electrons. The van der Waals surface area contributed by atoms with Gasteiger partial charge in [0.1, 0.15) is 0 Å². The van der Waals surface area contributed by atoms with Crippen LogP contribution in [0.5, 0.6) is 0 Å². The lowest BCUT2D eigenvalue weighted by Crippen LogP contribution is -2.20. The van der Waals surface area contributed by atoms with Gasteiger partial charge in [0.25, 0.3) is 0 Å². The SMILES string of the molecule is CC(C)(C)c1cc(N(c2c(-c3ccccc3)cc(C(C)(C)C)cc2-c2ccccc2)c2ccc3ccc4c(-n5c6ccc(C(C)(C)C)cc6c6cc(C(C)(C)C)ccc65)ccc5ccc2c3c54)cc(C(C)(C)C)c1. The Morgan fingerprint density at radius 1 is 0.324 bits per heavy atom. The van der Waals surface area contributed by atoms with Gasteiger partial charge in [-0.3, -0.25) is 0 Å². The molecule has 2 nitrogen and oxygen atoms in total. The second-order valence-corrected chi connectivity index (χ2v) is 26.4. The Labute approximate surface area is 441 Å². The van der Waals surface area contributed by atoms with E-state index >= 15 is 0 Å². The normalized spacial score (nSPS) is 13.1. The second kappa shape index (κ2) is 17.2. The van der Waals surface area contributed by atoms with Crippen LogP contribution in [0.4, 0.5) is 17.1 Å². The molecule has 74 heavy (non-hydrogen) atoms. The lowest BCUT2D eigenvalue weighted by molar-refractivity contribution is 0.568. The summed E-state index contributed by atoms with van der Waals surface area (Å²) in [7, 11) is 0. The molecule has 10 aromatic carbocycles. The van der Waals surface area contributed by atoms with Crippen LogP contribution < -0.4 is 4.90 Å². The number of hydrogen-bond donors (Lipinski definition) is 0. The molecule has 0 bridgehead atoms. The van der Waals surface area contributed by atoms with Crippen molar-refractivity contribution in [2.75, 3.05) is 4.90 Å². The Kier molecular flexibility index (Phi) is 11.4. The van der Waals surface area contributed by atoms with Crippen LogP contribution in [0.2, 0.25) is 0 Å². The van der Waals surface area contributed by atoms with Gasteiger partial charge in [-0.25, -0.2) is 0 Å². The summed E-state index contributed by atoms with van der Waals surface area (Å²) in [5.41, 5.74) is 18.3. The van der Waals surface area contributed by atoms with Crippen molar-refractivity contribution in [3.63, 3.8) is 0 Å². The summed E-state index contributed by atoms with van der Waals surface area (Å²) in [6.45, 7) is 35.0. The van der Waals surface area contributed by atoms with E-state index in [1.165, 1.54) is 116 Å². The largest absolute Gasteiger partial charge is 0.309 e. The fraction of sp³-hybridized carbons (Fsp3) is 0.278. The second-order valence-electron chi connectivity index (χ2n) is 26.4. The lowest BCUT2D eigenvalue weighted by atomic mass is 9.79. The zero-order chi connectivity index (χ0) is 52.4. The lowest BCUT2D eigenvalue weighted by Gasteiger charge is -2.35. The van der Waals surface area contributed by atoms with Crippen LogP contribution in [0, 0.1) is 0 Å². The van der Waals surface area contributed by atoms with E-state index in [0.717, 1.165) is 11.4 Å². The van der Waals surface area contributed by atoms with Crippen LogP contribution >= 0.6 is 0 Å². The van der Waals surface area contributed by atoms with Crippen molar-refractivity contribution >= 4 is 71.2 Å². The predicted molar refractivity (Wildman–Crippen MR) is 324 cm³/mol. The Hall–Kier alpha value is -7.16. The van der Waals surface area contributed by atoms with Crippen LogP contribution in [0.1, 0.15) is 132 Å². The van der Waals surface area contributed by atoms with E-state index < -0.39 is 0 Å². The van der Waals surface area contributed by atoms with Gasteiger partial charge in [-0.15, -0.1) is 0 Å². The van der Waals surface area contributed by atoms with E-state index in [4.69, 9.17) is 0 Å². The monoisotopic (exact) mass is 967 g/mol. The van der Waals surface area contributed by atoms with E-state index in [1.54, 1.807) is 0 Å². The first-order valence-electron chi connectivity index (χ1n) is 26.9. The summed E-state index contributed by atoms with van der Waals surface area (Å²) in [5.74, 6) is 0. The number of rotatable bonds is 6. The maximum atomic E-state index is 2.64. The molecule has 0 fully saturated rings. The molecule has 11 aromatic rings. The quantitative estimate of drug-likeness (QED) is 0.151. The number of aromatic nitrogens is 1. The first-order valence-corrected chi connectivity index (χ1v) is 26.9. The highest BCUT2D eigenvalue weighted by molar-refractivity contribution is 6.28. The molecule has 0 saturated heterocycles. The highest BCUT2D eigenvalue weighted by Gasteiger charge is 2.31. The summed E-state index contributed by atoms with van der Waals surface area (Å²) in [6, 6.07) is 67.9. The van der Waals surface area contributed by atoms with Crippen molar-refractivity contribution in [2.24, 2.45) is 0 Å². The minimum absolute atomic E-state index is 0.0174. The fourth-order valence-corrected chi connectivity index (χ4v) is 11.4. The topological polar surface area (TPSA) is 8.17 Å². The molecule has 0 atom stereocenters. The molecule has 11 rings (SSSR count). The van der Waals surface area contributed by atoms with Crippen LogP contribution in [0.3, 0.4) is 0 Å². The molecule has 0 N–H and O–H groups in total. The van der Waals surface area contributed by atoms with Gasteiger partial charge in [-0.2, -0.15) is 0 Å². The van der Waals surface area contributed by atoms with Crippen molar-refractivity contribution in [1.29, 1.82) is 0 Å². The van der Waals surface area contributed by atoms with E-state index in [9.17, 15) is 0 Å². The summed E-state index contributed by atoms with van der Waals surface area (Å²) in [4.78, 5) is 2.64. The zero-order valence-electron chi connectivity index (χ0n) is 46.6. The molecule has 1 aromatic heterocycles. The number of anilines is 3. The van der Waals surface area contributed by atoms with E-state index in [2.05, 4.69) is 289 Å². The first-order chi connectivity index (χ1) is 34.9. The van der Waals surface area contributed by atoms with Crippen molar-refractivity contribution in [1.82, 2.24) is 4.57 Å². The molecule has 0 spiro atoms. The zero-order valence-corrected chi connectivity index (χ0v) is 46.6. The van der Waals surface area contributed by atoms with Gasteiger partial charge in [0.05, 0.1) is 28.1 Å². The third-order valence-corrected chi connectivity index (χ3v) is 15.9. The third kappa shape index (κ3) is 8.45. The van der Waals surface area contributed by atoms with Crippen LogP contribution in [-0.4, -0.2) is 4.57 Å². The summed E-state index contributed by atoms with van der Waals surface area (Å²) in [6.07, 6.45) is 0. The van der Waals surface area contributed by atoms with Crippen LogP contribution in [0.15, 0.2) is 176 Å². The average Bonchev–Trinajstić information content (AvgIpc) is 3.68. The predicted octanol–water partition coefficient (Wildman–Crippen LogP) is 21.0. The van der Waals surface area contributed by atoms with Gasteiger partial charge in [-0.1, -0.05) is 219 Å². The summed E-state index contributed by atoms with van der Waals surface area (Å²) >= 11 is 0.